The van der Waals surface area contributed by atoms with Crippen LogP contribution in [-0.2, 0) is 63.5 Å². The number of aliphatic hydroxyl groups is 1. The van der Waals surface area contributed by atoms with E-state index in [-0.39, 0.29) is 35.6 Å². The Labute approximate surface area is 353 Å². The van der Waals surface area contributed by atoms with Crippen LogP contribution in [0.2, 0.25) is 19.6 Å². The van der Waals surface area contributed by atoms with Crippen LogP contribution in [0.25, 0.3) is 44.8 Å². The minimum absolute atomic E-state index is 0. The molecule has 6 nitrogen and oxygen atoms in total. The molecular formula is C42H46AgF3IrN2O4SSi-3. The van der Waals surface area contributed by atoms with Gasteiger partial charge in [0, 0.05) is 56.8 Å². The van der Waals surface area contributed by atoms with Gasteiger partial charge in [-0.15, -0.1) is 71.3 Å². The molecule has 302 valence electrons. The summed E-state index contributed by atoms with van der Waals surface area (Å²) < 4.78 is 57.5. The van der Waals surface area contributed by atoms with Crippen LogP contribution in [0, 0.1) is 19.1 Å². The topological polar surface area (TPSA) is 97.2 Å². The molecule has 0 unspecified atom stereocenters. The van der Waals surface area contributed by atoms with E-state index in [0.717, 1.165) is 22.5 Å². The van der Waals surface area contributed by atoms with E-state index in [1.165, 1.54) is 33.0 Å². The van der Waals surface area contributed by atoms with Crippen molar-refractivity contribution >= 4 is 24.0 Å². The molecule has 0 fully saturated rings. The second-order valence-electron chi connectivity index (χ2n) is 12.1. The Kier molecular flexibility index (Phi) is 24.4. The summed E-state index contributed by atoms with van der Waals surface area (Å²) in [6, 6.07) is 48.1. The SMILES string of the molecule is C.CCO.Cc1cc(-c2[c-]ccc(-c3ccccc3)c2)ncc1-c1ccc([Si](C)(C)C)cc1.O=[S-](=O)C(F)(F)F.[HH].[Ir].[O]=[Ag].[c-]1ccccc1-c1ccccn1. The van der Waals surface area contributed by atoms with Gasteiger partial charge in [-0.3, -0.25) is 0 Å². The monoisotopic (exact) mass is 1060 g/mol. The molecule has 0 atom stereocenters. The van der Waals surface area contributed by atoms with Crippen LogP contribution in [0.3, 0.4) is 0 Å². The zero-order valence-corrected chi connectivity index (χ0v) is 35.8. The van der Waals surface area contributed by atoms with Gasteiger partial charge < -0.3 is 23.5 Å². The number of halogens is 3. The number of rotatable bonds is 5. The van der Waals surface area contributed by atoms with Crippen LogP contribution >= 0.6 is 0 Å². The average Bonchev–Trinajstić information content (AvgIpc) is 3.17. The van der Waals surface area contributed by atoms with Crippen LogP contribution in [0.4, 0.5) is 13.2 Å². The number of nitrogens with zero attached hydrogens (tertiary/aromatic N) is 2. The zero-order valence-electron chi connectivity index (χ0n) is 30.2. The molecule has 0 saturated carbocycles. The van der Waals surface area contributed by atoms with Gasteiger partial charge in [0.25, 0.3) is 0 Å². The van der Waals surface area contributed by atoms with Crippen LogP contribution in [0.5, 0.6) is 0 Å². The van der Waals surface area contributed by atoms with Crippen molar-refractivity contribution in [2.75, 3.05) is 6.61 Å². The van der Waals surface area contributed by atoms with Gasteiger partial charge in [-0.25, -0.2) is 0 Å². The Balaban J connectivity index is 0. The number of hydrogen-bond donors (Lipinski definition) is 1. The molecule has 1 N–H and O–H groups in total. The Hall–Kier alpha value is -3.71. The fourth-order valence-electron chi connectivity index (χ4n) is 4.65. The van der Waals surface area contributed by atoms with Gasteiger partial charge in [0.1, 0.15) is 0 Å². The molecule has 0 spiro atoms. The van der Waals surface area contributed by atoms with Crippen molar-refractivity contribution < 1.29 is 72.5 Å². The summed E-state index contributed by atoms with van der Waals surface area (Å²) in [4.78, 5) is 8.99. The number of aryl methyl sites for hydroxylation is 1. The smallest absolute Gasteiger partial charge is 0.0160 e. The summed E-state index contributed by atoms with van der Waals surface area (Å²) in [6.45, 7) is 11.2. The third-order valence-electron chi connectivity index (χ3n) is 7.20. The quantitative estimate of drug-likeness (QED) is 0.105. The van der Waals surface area contributed by atoms with Crippen LogP contribution in [-0.4, -0.2) is 35.3 Å². The van der Waals surface area contributed by atoms with Crippen LogP contribution in [0.1, 0.15) is 21.3 Å². The average molecular weight is 1060 g/mol. The zero-order chi connectivity index (χ0) is 39.4. The predicted molar refractivity (Wildman–Crippen MR) is 213 cm³/mol. The second kappa shape index (κ2) is 26.2. The minimum Gasteiger partial charge on any atom is -0.305 e. The van der Waals surface area contributed by atoms with E-state index in [4.69, 9.17) is 21.8 Å². The fourth-order valence-corrected chi connectivity index (χ4v) is 5.82. The standard InChI is InChI=1S/C27H26NSi.C11H8N.C2H6O.CF3O2S.CH4.Ag.Ir.O.H2/c1-20-17-27(24-12-8-11-23(18-24)21-9-6-5-7-10-21)28-19-26(20)22-13-15-25(16-14-22)29(2,3)4;1-2-6-10(7-3-1)11-8-4-5-9-12-11;1-2-3;2-1(3,4)7(5)6;;;;;/h5-11,13-19H,1-4H3;1-6,8-9H;3H,2H2,1H3;;1H4;;;;1H/q2*-1;;-1;;;;;. The first kappa shape index (κ1) is 51.3. The third-order valence-corrected chi connectivity index (χ3v) is 9.64. The van der Waals surface area contributed by atoms with Gasteiger partial charge >= 0.3 is 29.8 Å². The van der Waals surface area contributed by atoms with E-state index >= 15 is 0 Å². The molecule has 13 heteroatoms. The van der Waals surface area contributed by atoms with E-state index in [9.17, 15) is 13.2 Å². The van der Waals surface area contributed by atoms with Crippen molar-refractivity contribution in [1.82, 2.24) is 9.97 Å². The Morgan fingerprint density at radius 3 is 1.80 bits per heavy atom. The van der Waals surface area contributed by atoms with Gasteiger partial charge in [0.05, 0.1) is 8.07 Å². The van der Waals surface area contributed by atoms with Crippen LogP contribution in [0.15, 0.2) is 134 Å². The largest absolute Gasteiger partial charge is 0.305 e. The number of pyridine rings is 2. The van der Waals surface area contributed by atoms with Gasteiger partial charge in [0.2, 0.25) is 0 Å². The Bertz CT molecular complexity index is 2000. The molecular weight excluding hydrogens is 1010 g/mol. The number of benzene rings is 4. The summed E-state index contributed by atoms with van der Waals surface area (Å²) >= 11 is 1.70. The summed E-state index contributed by atoms with van der Waals surface area (Å²) in [5, 5.41) is 9.05. The number of aliphatic hydroxyl groups excluding tert-OH is 1. The Morgan fingerprint density at radius 1 is 0.745 bits per heavy atom. The predicted octanol–water partition coefficient (Wildman–Crippen LogP) is 10.9. The first-order chi connectivity index (χ1) is 25.2. The summed E-state index contributed by atoms with van der Waals surface area (Å²) in [5.74, 6) is 0. The maximum atomic E-state index is 10.6. The van der Waals surface area contributed by atoms with E-state index in [0.29, 0.717) is 0 Å². The summed E-state index contributed by atoms with van der Waals surface area (Å²) in [5.41, 5.74) is 4.95. The molecule has 0 aliphatic carbocycles. The maximum Gasteiger partial charge on any atom is 0.0160 e. The summed E-state index contributed by atoms with van der Waals surface area (Å²) in [6.07, 6.45) is 3.79. The number of alkyl halides is 3. The molecule has 2 aromatic heterocycles. The first-order valence-electron chi connectivity index (χ1n) is 16.2. The molecule has 4 aromatic carbocycles. The molecule has 1 radical (unpaired) electrons. The third kappa shape index (κ3) is 17.7. The molecule has 55 heavy (non-hydrogen) atoms. The second-order valence-corrected chi connectivity index (χ2v) is 18.1. The minimum atomic E-state index is -5.08. The van der Waals surface area contributed by atoms with E-state index in [1.54, 1.807) is 34.2 Å². The number of hydrogen-bond acceptors (Lipinski definition) is 7. The molecule has 6 rings (SSSR count). The maximum absolute atomic E-state index is 10.6. The van der Waals surface area contributed by atoms with E-state index in [2.05, 4.69) is 110 Å². The molecule has 0 aliphatic heterocycles. The normalized spacial score (nSPS) is 10.2. The Morgan fingerprint density at radius 2 is 1.31 bits per heavy atom. The van der Waals surface area contributed by atoms with Crippen molar-refractivity contribution in [2.45, 2.75) is 46.4 Å². The van der Waals surface area contributed by atoms with Gasteiger partial charge in [-0.2, -0.15) is 13.2 Å². The van der Waals surface area contributed by atoms with Crippen molar-refractivity contribution in [2.24, 2.45) is 0 Å². The van der Waals surface area contributed by atoms with Crippen molar-refractivity contribution in [3.8, 4) is 44.8 Å². The molecule has 0 amide bonds. The van der Waals surface area contributed by atoms with E-state index in [1.807, 2.05) is 60.8 Å². The van der Waals surface area contributed by atoms with Crippen molar-refractivity contribution in [1.29, 1.82) is 0 Å². The number of aromatic nitrogens is 2. The molecule has 6 aromatic rings. The fraction of sp³-hybridized carbons (Fsp3) is 0.190. The van der Waals surface area contributed by atoms with Crippen LogP contribution < -0.4 is 5.19 Å². The molecule has 2 heterocycles. The van der Waals surface area contributed by atoms with Crippen molar-refractivity contribution in [3.63, 3.8) is 0 Å². The van der Waals surface area contributed by atoms with Gasteiger partial charge in [-0.1, -0.05) is 105 Å². The summed E-state index contributed by atoms with van der Waals surface area (Å²) in [7, 11) is -5.21. The van der Waals surface area contributed by atoms with Gasteiger partial charge in [0.15, 0.2) is 0 Å². The molecule has 0 aliphatic rings. The van der Waals surface area contributed by atoms with Crippen molar-refractivity contribution in [3.05, 3.63) is 151 Å². The molecule has 0 bridgehead atoms. The molecule has 0 saturated heterocycles. The van der Waals surface area contributed by atoms with E-state index < -0.39 is 24.3 Å². The van der Waals surface area contributed by atoms with Gasteiger partial charge in [-0.05, 0) is 48.0 Å². The first-order valence-corrected chi connectivity index (χ1v) is 21.3.